The van der Waals surface area contributed by atoms with E-state index in [1.165, 1.54) is 29.4 Å². The Morgan fingerprint density at radius 1 is 1.24 bits per heavy atom. The first-order valence-corrected chi connectivity index (χ1v) is 10.2. The Kier molecular flexibility index (Phi) is 4.96. The third-order valence-corrected chi connectivity index (χ3v) is 6.08. The van der Waals surface area contributed by atoms with Gasteiger partial charge in [0.15, 0.2) is 17.7 Å². The number of nitrogens with zero attached hydrogens (tertiary/aromatic N) is 4. The van der Waals surface area contributed by atoms with E-state index in [0.717, 1.165) is 5.56 Å². The zero-order valence-corrected chi connectivity index (χ0v) is 16.2. The highest BCUT2D eigenvalue weighted by atomic mass is 32.2. The molecule has 0 saturated carbocycles. The summed E-state index contributed by atoms with van der Waals surface area (Å²) in [4.78, 5) is 12.1. The molecule has 29 heavy (non-hydrogen) atoms. The Bertz CT molecular complexity index is 1130. The quantitative estimate of drug-likeness (QED) is 0.466. The Morgan fingerprint density at radius 2 is 1.97 bits per heavy atom. The number of hydrogen-bond donors (Lipinski definition) is 3. The van der Waals surface area contributed by atoms with Gasteiger partial charge in [0.25, 0.3) is 10.1 Å². The molecule has 0 unspecified atom stereocenters. The van der Waals surface area contributed by atoms with Crippen LogP contribution in [0.15, 0.2) is 41.8 Å². The molecule has 1 fully saturated rings. The van der Waals surface area contributed by atoms with Gasteiger partial charge in [-0.3, -0.25) is 8.75 Å². The van der Waals surface area contributed by atoms with Crippen molar-refractivity contribution in [3.63, 3.8) is 0 Å². The predicted molar refractivity (Wildman–Crippen MR) is 102 cm³/mol. The molecule has 11 nitrogen and oxygen atoms in total. The molecular formula is C17H20N6O5S. The van der Waals surface area contributed by atoms with Crippen LogP contribution in [0.2, 0.25) is 0 Å². The van der Waals surface area contributed by atoms with Gasteiger partial charge >= 0.3 is 0 Å². The summed E-state index contributed by atoms with van der Waals surface area (Å²) < 4.78 is 37.9. The first-order chi connectivity index (χ1) is 13.8. The molecule has 3 aromatic rings. The third-order valence-electron chi connectivity index (χ3n) is 4.75. The summed E-state index contributed by atoms with van der Waals surface area (Å²) in [5.41, 5.74) is 13.1. The molecule has 12 heteroatoms. The lowest BCUT2D eigenvalue weighted by molar-refractivity contribution is -0.0321. The first kappa shape index (κ1) is 19.7. The predicted octanol–water partition coefficient (Wildman–Crippen LogP) is -0.292. The van der Waals surface area contributed by atoms with E-state index in [0.29, 0.717) is 11.2 Å². The summed E-state index contributed by atoms with van der Waals surface area (Å²) in [6.45, 7) is 1.78. The highest BCUT2D eigenvalue weighted by Crippen LogP contribution is 2.34. The Balaban J connectivity index is 1.64. The second-order valence-electron chi connectivity index (χ2n) is 6.70. The fourth-order valence-corrected chi connectivity index (χ4v) is 4.33. The van der Waals surface area contributed by atoms with Crippen LogP contribution in [0.3, 0.4) is 0 Å². The van der Waals surface area contributed by atoms with Gasteiger partial charge in [0.1, 0.15) is 30.2 Å². The molecular weight excluding hydrogens is 400 g/mol. The van der Waals surface area contributed by atoms with Crippen molar-refractivity contribution in [2.24, 2.45) is 5.73 Å². The van der Waals surface area contributed by atoms with Crippen molar-refractivity contribution >= 4 is 27.1 Å². The SMILES string of the molecule is Cc1ccc(S(=O)(=O)O[C@H]2[C@@H](O)[C@H](n3cnc4c(N)ncnc43)O[C@@H]2CN)cc1. The molecule has 0 bridgehead atoms. The maximum absolute atomic E-state index is 12.7. The molecule has 0 aliphatic carbocycles. The number of aryl methyl sites for hydroxylation is 1. The zero-order valence-electron chi connectivity index (χ0n) is 15.4. The van der Waals surface area contributed by atoms with Crippen molar-refractivity contribution in [2.75, 3.05) is 12.3 Å². The van der Waals surface area contributed by atoms with E-state index in [2.05, 4.69) is 15.0 Å². The number of nitrogen functional groups attached to an aromatic ring is 1. The Morgan fingerprint density at radius 3 is 2.66 bits per heavy atom. The molecule has 154 valence electrons. The van der Waals surface area contributed by atoms with Crippen molar-refractivity contribution in [2.45, 2.75) is 36.4 Å². The molecule has 1 aliphatic rings. The van der Waals surface area contributed by atoms with Crippen molar-refractivity contribution in [3.05, 3.63) is 42.5 Å². The maximum atomic E-state index is 12.7. The van der Waals surface area contributed by atoms with E-state index < -0.39 is 34.7 Å². The van der Waals surface area contributed by atoms with E-state index in [-0.39, 0.29) is 17.3 Å². The van der Waals surface area contributed by atoms with Gasteiger partial charge in [-0.1, -0.05) is 17.7 Å². The Labute approximate surface area is 166 Å². The molecule has 2 aromatic heterocycles. The lowest BCUT2D eigenvalue weighted by Gasteiger charge is -2.19. The number of ether oxygens (including phenoxy) is 1. The smallest absolute Gasteiger partial charge is 0.297 e. The summed E-state index contributed by atoms with van der Waals surface area (Å²) in [5.74, 6) is 0.173. The van der Waals surface area contributed by atoms with Gasteiger partial charge in [-0.05, 0) is 19.1 Å². The molecule has 1 aliphatic heterocycles. The molecule has 0 spiro atoms. The van der Waals surface area contributed by atoms with Gasteiger partial charge in [0.05, 0.1) is 11.2 Å². The number of anilines is 1. The number of aliphatic hydroxyl groups excluding tert-OH is 1. The van der Waals surface area contributed by atoms with Crippen LogP contribution in [0, 0.1) is 6.92 Å². The summed E-state index contributed by atoms with van der Waals surface area (Å²) in [6.07, 6.45) is -1.81. The number of aliphatic hydroxyl groups is 1. The van der Waals surface area contributed by atoms with Gasteiger partial charge < -0.3 is 21.3 Å². The van der Waals surface area contributed by atoms with Crippen LogP contribution in [-0.4, -0.2) is 57.9 Å². The molecule has 0 amide bonds. The number of hydrogen-bond acceptors (Lipinski definition) is 10. The molecule has 4 rings (SSSR count). The van der Waals surface area contributed by atoms with Crippen molar-refractivity contribution in [1.82, 2.24) is 19.5 Å². The van der Waals surface area contributed by atoms with E-state index >= 15 is 0 Å². The number of fused-ring (bicyclic) bond motifs is 1. The maximum Gasteiger partial charge on any atom is 0.297 e. The minimum absolute atomic E-state index is 0.0249. The van der Waals surface area contributed by atoms with Gasteiger partial charge in [0, 0.05) is 6.54 Å². The monoisotopic (exact) mass is 420 g/mol. The van der Waals surface area contributed by atoms with Crippen LogP contribution in [0.1, 0.15) is 11.8 Å². The molecule has 0 radical (unpaired) electrons. The van der Waals surface area contributed by atoms with Gasteiger partial charge in [-0.15, -0.1) is 0 Å². The summed E-state index contributed by atoms with van der Waals surface area (Å²) in [7, 11) is -4.14. The second-order valence-corrected chi connectivity index (χ2v) is 8.27. The number of rotatable bonds is 5. The summed E-state index contributed by atoms with van der Waals surface area (Å²) >= 11 is 0. The average molecular weight is 420 g/mol. The fraction of sp³-hybridized carbons (Fsp3) is 0.353. The van der Waals surface area contributed by atoms with Crippen molar-refractivity contribution in [3.8, 4) is 0 Å². The highest BCUT2D eigenvalue weighted by Gasteiger charge is 2.47. The molecule has 5 N–H and O–H groups in total. The van der Waals surface area contributed by atoms with Gasteiger partial charge in [0.2, 0.25) is 0 Å². The lowest BCUT2D eigenvalue weighted by Crippen LogP contribution is -2.39. The van der Waals surface area contributed by atoms with Crippen LogP contribution in [0.4, 0.5) is 5.82 Å². The average Bonchev–Trinajstić information content (AvgIpc) is 3.24. The van der Waals surface area contributed by atoms with Gasteiger partial charge in [-0.2, -0.15) is 8.42 Å². The van der Waals surface area contributed by atoms with E-state index in [1.807, 2.05) is 6.92 Å². The van der Waals surface area contributed by atoms with Crippen LogP contribution in [0.5, 0.6) is 0 Å². The first-order valence-electron chi connectivity index (χ1n) is 8.78. The molecule has 1 saturated heterocycles. The standard InChI is InChI=1S/C17H20N6O5S/c1-9-2-4-10(5-3-9)29(25,26)28-14-11(6-18)27-17(13(14)24)23-8-22-12-15(19)20-7-21-16(12)23/h2-5,7-8,11,13-14,17,24H,6,18H2,1H3,(H2,19,20,21)/t11-,13-,14-,17-/m1/s1. The van der Waals surface area contributed by atoms with Crippen LogP contribution in [-0.2, 0) is 19.0 Å². The zero-order chi connectivity index (χ0) is 20.8. The van der Waals surface area contributed by atoms with Crippen molar-refractivity contribution < 1.29 is 22.4 Å². The van der Waals surface area contributed by atoms with E-state index in [9.17, 15) is 13.5 Å². The lowest BCUT2D eigenvalue weighted by atomic mass is 10.1. The van der Waals surface area contributed by atoms with E-state index in [1.54, 1.807) is 12.1 Å². The molecule has 3 heterocycles. The molecule has 4 atom stereocenters. The normalized spacial score (nSPS) is 24.9. The second kappa shape index (κ2) is 7.31. The van der Waals surface area contributed by atoms with Crippen LogP contribution in [0.25, 0.3) is 11.2 Å². The molecule has 1 aromatic carbocycles. The van der Waals surface area contributed by atoms with Gasteiger partial charge in [-0.25, -0.2) is 15.0 Å². The largest absolute Gasteiger partial charge is 0.386 e. The number of aromatic nitrogens is 4. The third kappa shape index (κ3) is 3.45. The van der Waals surface area contributed by atoms with Crippen LogP contribution < -0.4 is 11.5 Å². The Hall–Kier alpha value is -2.64. The van der Waals surface area contributed by atoms with E-state index in [4.69, 9.17) is 20.4 Å². The van der Waals surface area contributed by atoms with Crippen molar-refractivity contribution in [1.29, 1.82) is 0 Å². The number of imidazole rings is 1. The fourth-order valence-electron chi connectivity index (χ4n) is 3.22. The minimum atomic E-state index is -4.14. The number of nitrogens with two attached hydrogens (primary N) is 2. The number of benzene rings is 1. The summed E-state index contributed by atoms with van der Waals surface area (Å²) in [6, 6.07) is 6.18. The summed E-state index contributed by atoms with van der Waals surface area (Å²) in [5, 5.41) is 10.8. The highest BCUT2D eigenvalue weighted by molar-refractivity contribution is 7.86. The van der Waals surface area contributed by atoms with Crippen LogP contribution >= 0.6 is 0 Å². The minimum Gasteiger partial charge on any atom is -0.386 e. The topological polar surface area (TPSA) is 168 Å².